The number of aromatic nitrogens is 1. The van der Waals surface area contributed by atoms with Crippen molar-refractivity contribution in [2.24, 2.45) is 5.92 Å². The van der Waals surface area contributed by atoms with Crippen molar-refractivity contribution in [1.82, 2.24) is 9.71 Å². The second-order valence-electron chi connectivity index (χ2n) is 6.30. The average Bonchev–Trinajstić information content (AvgIpc) is 2.64. The summed E-state index contributed by atoms with van der Waals surface area (Å²) >= 11 is 0. The molecule has 2 aromatic rings. The molecule has 1 aromatic heterocycles. The van der Waals surface area contributed by atoms with E-state index in [2.05, 4.69) is 9.71 Å². The first-order valence-corrected chi connectivity index (χ1v) is 9.75. The van der Waals surface area contributed by atoms with E-state index in [4.69, 9.17) is 9.47 Å². The van der Waals surface area contributed by atoms with Gasteiger partial charge in [0.25, 0.3) is 0 Å². The van der Waals surface area contributed by atoms with Crippen LogP contribution in [0.15, 0.2) is 47.5 Å². The number of aliphatic hydroxyl groups excluding tert-OH is 1. The van der Waals surface area contributed by atoms with E-state index in [0.717, 1.165) is 5.56 Å². The number of rotatable bonds is 7. The van der Waals surface area contributed by atoms with Crippen molar-refractivity contribution in [3.63, 3.8) is 0 Å². The molecule has 0 saturated heterocycles. The normalized spacial score (nSPS) is 20.9. The van der Waals surface area contributed by atoms with Crippen LogP contribution in [0.4, 0.5) is 0 Å². The van der Waals surface area contributed by atoms with Gasteiger partial charge < -0.3 is 14.6 Å². The molecule has 0 spiro atoms. The highest BCUT2D eigenvalue weighted by molar-refractivity contribution is 7.89. The zero-order chi connectivity index (χ0) is 18.7. The maximum absolute atomic E-state index is 12.9. The Morgan fingerprint density at radius 1 is 1.19 bits per heavy atom. The van der Waals surface area contributed by atoms with Crippen molar-refractivity contribution in [2.75, 3.05) is 14.2 Å². The van der Waals surface area contributed by atoms with Gasteiger partial charge in [0.1, 0.15) is 5.75 Å². The van der Waals surface area contributed by atoms with Crippen LogP contribution in [0.25, 0.3) is 0 Å². The minimum absolute atomic E-state index is 0.000535. The molecule has 8 heteroatoms. The Labute approximate surface area is 153 Å². The Bertz CT molecular complexity index is 848. The highest BCUT2D eigenvalue weighted by atomic mass is 32.2. The second kappa shape index (κ2) is 7.61. The van der Waals surface area contributed by atoms with Gasteiger partial charge in [-0.3, -0.25) is 0 Å². The summed E-state index contributed by atoms with van der Waals surface area (Å²) in [6.45, 7) is 0. The van der Waals surface area contributed by atoms with E-state index in [1.807, 2.05) is 0 Å². The van der Waals surface area contributed by atoms with Crippen LogP contribution in [0.1, 0.15) is 24.4 Å². The van der Waals surface area contributed by atoms with E-state index < -0.39 is 22.2 Å². The van der Waals surface area contributed by atoms with Crippen molar-refractivity contribution in [2.45, 2.75) is 29.9 Å². The van der Waals surface area contributed by atoms with Crippen molar-refractivity contribution in [1.29, 1.82) is 0 Å². The lowest BCUT2D eigenvalue weighted by atomic mass is 9.76. The van der Waals surface area contributed by atoms with Gasteiger partial charge in [-0.05, 0) is 36.5 Å². The predicted molar refractivity (Wildman–Crippen MR) is 95.6 cm³/mol. The summed E-state index contributed by atoms with van der Waals surface area (Å²) in [7, 11) is -0.757. The van der Waals surface area contributed by atoms with Gasteiger partial charge in [0.05, 0.1) is 31.3 Å². The first kappa shape index (κ1) is 18.6. The van der Waals surface area contributed by atoms with Gasteiger partial charge in [-0.15, -0.1) is 0 Å². The summed E-state index contributed by atoms with van der Waals surface area (Å²) in [6.07, 6.45) is 2.28. The Hall–Kier alpha value is -2.16. The molecule has 1 atom stereocenters. The summed E-state index contributed by atoms with van der Waals surface area (Å²) in [4.78, 5) is 4.30. The first-order valence-electron chi connectivity index (χ1n) is 8.27. The molecule has 1 heterocycles. The van der Waals surface area contributed by atoms with Gasteiger partial charge in [-0.25, -0.2) is 18.1 Å². The van der Waals surface area contributed by atoms with Crippen molar-refractivity contribution >= 4 is 10.0 Å². The highest BCUT2D eigenvalue weighted by Crippen LogP contribution is 2.39. The van der Waals surface area contributed by atoms with E-state index in [1.165, 1.54) is 26.4 Å². The van der Waals surface area contributed by atoms with Crippen LogP contribution < -0.4 is 14.2 Å². The summed E-state index contributed by atoms with van der Waals surface area (Å²) in [5.41, 5.74) is 0.731. The van der Waals surface area contributed by atoms with Crippen LogP contribution >= 0.6 is 0 Å². The molecule has 1 aromatic carbocycles. The van der Waals surface area contributed by atoms with Gasteiger partial charge >= 0.3 is 0 Å². The van der Waals surface area contributed by atoms with Crippen LogP contribution in [0.2, 0.25) is 0 Å². The van der Waals surface area contributed by atoms with E-state index in [1.54, 1.807) is 30.5 Å². The fourth-order valence-corrected chi connectivity index (χ4v) is 4.37. The van der Waals surface area contributed by atoms with E-state index >= 15 is 0 Å². The number of methoxy groups -OCH3 is 2. The van der Waals surface area contributed by atoms with Gasteiger partial charge in [-0.2, -0.15) is 0 Å². The Morgan fingerprint density at radius 3 is 2.54 bits per heavy atom. The number of aliphatic hydroxyl groups is 1. The lowest BCUT2D eigenvalue weighted by Crippen LogP contribution is -2.41. The third-order valence-corrected chi connectivity index (χ3v) is 6.02. The molecular weight excluding hydrogens is 356 g/mol. The number of sulfonamides is 1. The summed E-state index contributed by atoms with van der Waals surface area (Å²) < 4.78 is 38.6. The van der Waals surface area contributed by atoms with Crippen LogP contribution in [-0.4, -0.2) is 38.8 Å². The lowest BCUT2D eigenvalue weighted by molar-refractivity contribution is 0.0279. The Morgan fingerprint density at radius 2 is 1.96 bits per heavy atom. The van der Waals surface area contributed by atoms with Crippen molar-refractivity contribution < 1.29 is 23.0 Å². The van der Waals surface area contributed by atoms with Crippen molar-refractivity contribution in [3.8, 4) is 11.6 Å². The molecule has 0 unspecified atom stereocenters. The fourth-order valence-electron chi connectivity index (χ4n) is 3.04. The molecule has 2 N–H and O–H groups in total. The van der Waals surface area contributed by atoms with E-state index in [9.17, 15) is 13.5 Å². The average molecular weight is 378 g/mol. The largest absolute Gasteiger partial charge is 0.497 e. The summed E-state index contributed by atoms with van der Waals surface area (Å²) in [6, 6.07) is 9.31. The lowest BCUT2D eigenvalue weighted by Gasteiger charge is -2.38. The predicted octanol–water partition coefficient (Wildman–Crippen LogP) is 1.89. The monoisotopic (exact) mass is 378 g/mol. The number of hydrogen-bond donors (Lipinski definition) is 2. The van der Waals surface area contributed by atoms with E-state index in [0.29, 0.717) is 24.5 Å². The van der Waals surface area contributed by atoms with Crippen LogP contribution in [0.5, 0.6) is 11.6 Å². The van der Waals surface area contributed by atoms with E-state index in [-0.39, 0.29) is 10.8 Å². The molecule has 3 rings (SSSR count). The van der Waals surface area contributed by atoms with Gasteiger partial charge in [0, 0.05) is 18.3 Å². The summed E-state index contributed by atoms with van der Waals surface area (Å²) in [5.74, 6) is 0.923. The van der Waals surface area contributed by atoms with Crippen LogP contribution in [0, 0.1) is 5.92 Å². The molecule has 26 heavy (non-hydrogen) atoms. The molecular formula is C18H22N2O5S. The number of benzene rings is 1. The van der Waals surface area contributed by atoms with Crippen LogP contribution in [0.3, 0.4) is 0 Å². The fraction of sp³-hybridized carbons (Fsp3) is 0.389. The molecule has 1 fully saturated rings. The molecule has 140 valence electrons. The highest BCUT2D eigenvalue weighted by Gasteiger charge is 2.37. The molecule has 0 bridgehead atoms. The van der Waals surface area contributed by atoms with Gasteiger partial charge in [0.2, 0.25) is 15.9 Å². The minimum atomic E-state index is -3.77. The minimum Gasteiger partial charge on any atom is -0.497 e. The Kier molecular flexibility index (Phi) is 5.45. The first-order chi connectivity index (χ1) is 12.4. The third-order valence-electron chi connectivity index (χ3n) is 4.58. The number of ether oxygens (including phenoxy) is 2. The zero-order valence-electron chi connectivity index (χ0n) is 14.6. The molecule has 7 nitrogen and oxygen atoms in total. The van der Waals surface area contributed by atoms with Crippen molar-refractivity contribution in [3.05, 3.63) is 48.2 Å². The standard InChI is InChI=1S/C18H22N2O5S/c1-24-15-4-3-5-16(10-15)26(22,23)20-18(13-8-14(21)9-13)12-6-7-17(25-2)19-11-12/h3-7,10-11,13-14,18,20-21H,8-9H2,1-2H3/t13?,14?,18-/m0/s1. The molecule has 1 saturated carbocycles. The number of nitrogens with zero attached hydrogens (tertiary/aromatic N) is 1. The second-order valence-corrected chi connectivity index (χ2v) is 8.01. The molecule has 0 aliphatic heterocycles. The molecule has 0 radical (unpaired) electrons. The smallest absolute Gasteiger partial charge is 0.241 e. The maximum atomic E-state index is 12.9. The number of nitrogens with one attached hydrogen (secondary N) is 1. The SMILES string of the molecule is COc1cccc(S(=O)(=O)N[C@@H](c2ccc(OC)nc2)C2CC(O)C2)c1. The van der Waals surface area contributed by atoms with Crippen LogP contribution in [-0.2, 0) is 10.0 Å². The molecule has 0 amide bonds. The zero-order valence-corrected chi connectivity index (χ0v) is 15.4. The third kappa shape index (κ3) is 3.98. The number of hydrogen-bond acceptors (Lipinski definition) is 6. The Balaban J connectivity index is 1.89. The molecule has 1 aliphatic rings. The summed E-state index contributed by atoms with van der Waals surface area (Å²) in [5, 5.41) is 9.65. The topological polar surface area (TPSA) is 97.8 Å². The quantitative estimate of drug-likeness (QED) is 0.764. The maximum Gasteiger partial charge on any atom is 0.241 e. The number of pyridine rings is 1. The molecule has 1 aliphatic carbocycles. The van der Waals surface area contributed by atoms with Gasteiger partial charge in [0.15, 0.2) is 0 Å². The van der Waals surface area contributed by atoms with Gasteiger partial charge in [-0.1, -0.05) is 12.1 Å².